The number of pyridine rings is 1. The van der Waals surface area contributed by atoms with Gasteiger partial charge in [0.1, 0.15) is 5.03 Å². The van der Waals surface area contributed by atoms with Gasteiger partial charge in [0.2, 0.25) is 0 Å². The lowest BCUT2D eigenvalue weighted by Gasteiger charge is -1.97. The third kappa shape index (κ3) is 4.54. The Morgan fingerprint density at radius 1 is 1.50 bits per heavy atom. The second-order valence-electron chi connectivity index (χ2n) is 1.96. The molecule has 0 bridgehead atoms. The number of nitrogens with zero attached hydrogens (tertiary/aromatic N) is 1. The van der Waals surface area contributed by atoms with Crippen LogP contribution in [0.2, 0.25) is 0 Å². The molecular formula is C7H9IN2S2. The fraction of sp³-hybridized carbons (Fsp3) is 0.286. The molecule has 0 aliphatic rings. The number of halogens is 1. The van der Waals surface area contributed by atoms with E-state index in [9.17, 15) is 0 Å². The van der Waals surface area contributed by atoms with Crippen LogP contribution in [0, 0.1) is 0 Å². The average molecular weight is 312 g/mol. The summed E-state index contributed by atoms with van der Waals surface area (Å²) in [5, 5.41) is 1.08. The smallest absolute Gasteiger partial charge is 0.106 e. The molecule has 12 heavy (non-hydrogen) atoms. The molecule has 2 nitrogen and oxygen atoms in total. The molecule has 0 atom stereocenters. The van der Waals surface area contributed by atoms with Crippen molar-refractivity contribution in [3.8, 4) is 0 Å². The van der Waals surface area contributed by atoms with Crippen LogP contribution in [0.15, 0.2) is 29.4 Å². The Bertz CT molecular complexity index is 208. The highest BCUT2D eigenvalue weighted by Gasteiger charge is 1.93. The zero-order valence-corrected chi connectivity index (χ0v) is 10.2. The van der Waals surface area contributed by atoms with Crippen LogP contribution in [0.4, 0.5) is 0 Å². The van der Waals surface area contributed by atoms with Crippen molar-refractivity contribution in [2.24, 2.45) is 0 Å². The van der Waals surface area contributed by atoms with E-state index in [0.717, 1.165) is 17.3 Å². The first-order valence-electron chi connectivity index (χ1n) is 3.47. The molecule has 5 heteroatoms. The molecule has 1 aromatic heterocycles. The number of nitrogens with one attached hydrogen (secondary N) is 1. The van der Waals surface area contributed by atoms with Gasteiger partial charge in [-0.05, 0) is 22.9 Å². The van der Waals surface area contributed by atoms with Gasteiger partial charge in [-0.15, -0.1) is 0 Å². The van der Waals surface area contributed by atoms with Crippen molar-refractivity contribution in [3.05, 3.63) is 24.4 Å². The summed E-state index contributed by atoms with van der Waals surface area (Å²) in [7, 11) is 3.54. The van der Waals surface area contributed by atoms with E-state index < -0.39 is 0 Å². The molecule has 66 valence electrons. The first kappa shape index (κ1) is 10.6. The van der Waals surface area contributed by atoms with Crippen LogP contribution < -0.4 is 3.53 Å². The maximum absolute atomic E-state index is 4.20. The van der Waals surface area contributed by atoms with Crippen LogP contribution in [0.3, 0.4) is 0 Å². The summed E-state index contributed by atoms with van der Waals surface area (Å²) < 4.78 is 3.07. The van der Waals surface area contributed by atoms with Gasteiger partial charge in [0.15, 0.2) is 0 Å². The van der Waals surface area contributed by atoms with Gasteiger partial charge in [0.05, 0.1) is 0 Å². The summed E-state index contributed by atoms with van der Waals surface area (Å²) in [6, 6.07) is 5.96. The average Bonchev–Trinajstić information content (AvgIpc) is 2.14. The van der Waals surface area contributed by atoms with E-state index in [1.165, 1.54) is 0 Å². The van der Waals surface area contributed by atoms with Crippen LogP contribution in [-0.4, -0.2) is 17.3 Å². The largest absolute Gasteiger partial charge is 0.260 e. The summed E-state index contributed by atoms with van der Waals surface area (Å²) >= 11 is 2.15. The maximum Gasteiger partial charge on any atom is 0.106 e. The number of rotatable bonds is 5. The zero-order chi connectivity index (χ0) is 8.65. The van der Waals surface area contributed by atoms with E-state index in [2.05, 4.69) is 31.4 Å². The molecule has 1 aromatic rings. The van der Waals surface area contributed by atoms with Crippen LogP contribution >= 0.6 is 44.5 Å². The molecule has 0 aliphatic carbocycles. The minimum atomic E-state index is 1.03. The van der Waals surface area contributed by atoms with Gasteiger partial charge >= 0.3 is 0 Å². The highest BCUT2D eigenvalue weighted by atomic mass is 127. The lowest BCUT2D eigenvalue weighted by molar-refractivity contribution is 1.09. The molecule has 0 saturated heterocycles. The molecule has 0 fully saturated rings. The molecule has 0 unspecified atom stereocenters. The standard InChI is InChI=1S/C7H9IN2S2/c8-10-5-6-11-12-7-3-1-2-4-9-7/h1-4,10H,5-6H2. The quantitative estimate of drug-likeness (QED) is 0.391. The summed E-state index contributed by atoms with van der Waals surface area (Å²) in [4.78, 5) is 4.20. The van der Waals surface area contributed by atoms with Crippen molar-refractivity contribution in [3.63, 3.8) is 0 Å². The van der Waals surface area contributed by atoms with Crippen molar-refractivity contribution in [2.75, 3.05) is 12.3 Å². The Labute approximate surface area is 94.2 Å². The van der Waals surface area contributed by atoms with Crippen molar-refractivity contribution in [1.29, 1.82) is 0 Å². The fourth-order valence-corrected chi connectivity index (χ4v) is 3.00. The third-order valence-corrected chi connectivity index (χ3v) is 3.87. The molecule has 1 heterocycles. The van der Waals surface area contributed by atoms with Gasteiger partial charge in [0.25, 0.3) is 0 Å². The minimum absolute atomic E-state index is 1.03. The van der Waals surface area contributed by atoms with Gasteiger partial charge in [-0.2, -0.15) is 0 Å². The molecule has 0 amide bonds. The van der Waals surface area contributed by atoms with Crippen molar-refractivity contribution < 1.29 is 0 Å². The van der Waals surface area contributed by atoms with E-state index in [-0.39, 0.29) is 0 Å². The predicted molar refractivity (Wildman–Crippen MR) is 64.6 cm³/mol. The topological polar surface area (TPSA) is 24.9 Å². The second-order valence-corrected chi connectivity index (χ2v) is 5.16. The Hall–Kier alpha value is 0.540. The van der Waals surface area contributed by atoms with Crippen LogP contribution in [0.1, 0.15) is 0 Å². The summed E-state index contributed by atoms with van der Waals surface area (Å²) in [6.45, 7) is 1.03. The first-order valence-corrected chi connectivity index (χ1v) is 6.87. The summed E-state index contributed by atoms with van der Waals surface area (Å²) in [6.07, 6.45) is 1.82. The minimum Gasteiger partial charge on any atom is -0.260 e. The SMILES string of the molecule is INCCSSc1ccccn1. The van der Waals surface area contributed by atoms with Crippen molar-refractivity contribution in [1.82, 2.24) is 8.51 Å². The van der Waals surface area contributed by atoms with E-state index in [0.29, 0.717) is 0 Å². The molecule has 0 radical (unpaired) electrons. The molecule has 1 N–H and O–H groups in total. The van der Waals surface area contributed by atoms with Gasteiger partial charge in [0, 0.05) is 41.4 Å². The highest BCUT2D eigenvalue weighted by molar-refractivity contribution is 14.1. The fourth-order valence-electron chi connectivity index (χ4n) is 0.579. The lowest BCUT2D eigenvalue weighted by Crippen LogP contribution is -2.01. The van der Waals surface area contributed by atoms with Crippen molar-refractivity contribution >= 4 is 44.5 Å². The predicted octanol–water partition coefficient (Wildman–Crippen LogP) is 2.76. The van der Waals surface area contributed by atoms with Crippen LogP contribution in [0.25, 0.3) is 0 Å². The molecule has 1 rings (SSSR count). The molecule has 0 aromatic carbocycles. The van der Waals surface area contributed by atoms with Crippen LogP contribution in [-0.2, 0) is 0 Å². The second kappa shape index (κ2) is 6.99. The Balaban J connectivity index is 2.16. The number of hydrogen-bond donors (Lipinski definition) is 1. The van der Waals surface area contributed by atoms with Crippen LogP contribution in [0.5, 0.6) is 0 Å². The molecule has 0 aliphatic heterocycles. The first-order chi connectivity index (χ1) is 5.93. The lowest BCUT2D eigenvalue weighted by atomic mass is 10.5. The molecular weight excluding hydrogens is 303 g/mol. The van der Waals surface area contributed by atoms with E-state index in [1.54, 1.807) is 10.8 Å². The van der Waals surface area contributed by atoms with Gasteiger partial charge < -0.3 is 0 Å². The maximum atomic E-state index is 4.20. The van der Waals surface area contributed by atoms with Gasteiger partial charge in [-0.25, -0.2) is 4.98 Å². The number of hydrogen-bond acceptors (Lipinski definition) is 4. The summed E-state index contributed by atoms with van der Waals surface area (Å²) in [5.41, 5.74) is 0. The van der Waals surface area contributed by atoms with Gasteiger partial charge in [-0.1, -0.05) is 16.9 Å². The Kier molecular flexibility index (Phi) is 6.19. The summed E-state index contributed by atoms with van der Waals surface area (Å²) in [5.74, 6) is 1.10. The Morgan fingerprint density at radius 3 is 3.08 bits per heavy atom. The normalized spacial score (nSPS) is 10.1. The monoisotopic (exact) mass is 312 g/mol. The Morgan fingerprint density at radius 2 is 2.42 bits per heavy atom. The zero-order valence-electron chi connectivity index (χ0n) is 6.37. The van der Waals surface area contributed by atoms with Crippen molar-refractivity contribution in [2.45, 2.75) is 5.03 Å². The van der Waals surface area contributed by atoms with E-state index in [4.69, 9.17) is 0 Å². The molecule has 0 spiro atoms. The highest BCUT2D eigenvalue weighted by Crippen LogP contribution is 2.28. The van der Waals surface area contributed by atoms with Gasteiger partial charge in [-0.3, -0.25) is 3.53 Å². The third-order valence-electron chi connectivity index (χ3n) is 1.06. The van der Waals surface area contributed by atoms with E-state index >= 15 is 0 Å². The molecule has 0 saturated carbocycles. The number of aromatic nitrogens is 1. The van der Waals surface area contributed by atoms with E-state index in [1.807, 2.05) is 35.2 Å².